The number of benzene rings is 1. The molecule has 4 heteroatoms. The van der Waals surface area contributed by atoms with Gasteiger partial charge in [-0.25, -0.2) is 0 Å². The van der Waals surface area contributed by atoms with Gasteiger partial charge >= 0.3 is 0 Å². The van der Waals surface area contributed by atoms with Gasteiger partial charge in [0, 0.05) is 22.0 Å². The van der Waals surface area contributed by atoms with Gasteiger partial charge in [-0.15, -0.1) is 11.3 Å². The zero-order valence-corrected chi connectivity index (χ0v) is 10.2. The first-order chi connectivity index (χ1) is 7.79. The summed E-state index contributed by atoms with van der Waals surface area (Å²) in [6.45, 7) is 1.01. The van der Waals surface area contributed by atoms with E-state index in [1.165, 1.54) is 4.88 Å². The molecular formula is C12H12ClNOS. The number of halogens is 1. The number of nitrogens with two attached hydrogens (primary N) is 1. The topological polar surface area (TPSA) is 35.2 Å². The van der Waals surface area contributed by atoms with Crippen molar-refractivity contribution in [2.24, 2.45) is 5.73 Å². The highest BCUT2D eigenvalue weighted by Crippen LogP contribution is 2.23. The zero-order chi connectivity index (χ0) is 11.4. The molecule has 2 aromatic rings. The van der Waals surface area contributed by atoms with E-state index in [0.717, 1.165) is 11.3 Å². The molecule has 1 aromatic carbocycles. The maximum absolute atomic E-state index is 5.89. The molecule has 2 nitrogen and oxygen atoms in total. The second kappa shape index (κ2) is 5.34. The number of hydrogen-bond acceptors (Lipinski definition) is 3. The van der Waals surface area contributed by atoms with Gasteiger partial charge in [0.2, 0.25) is 0 Å². The highest BCUT2D eigenvalue weighted by molar-refractivity contribution is 7.09. The van der Waals surface area contributed by atoms with Crippen LogP contribution in [-0.2, 0) is 13.2 Å². The molecule has 0 saturated heterocycles. The molecule has 0 bridgehead atoms. The average molecular weight is 254 g/mol. The van der Waals surface area contributed by atoms with E-state index in [9.17, 15) is 0 Å². The van der Waals surface area contributed by atoms with Crippen LogP contribution in [0.3, 0.4) is 0 Å². The van der Waals surface area contributed by atoms with Gasteiger partial charge in [0.15, 0.2) is 0 Å². The van der Waals surface area contributed by atoms with Crippen LogP contribution in [0.25, 0.3) is 0 Å². The van der Waals surface area contributed by atoms with E-state index < -0.39 is 0 Å². The van der Waals surface area contributed by atoms with Crippen LogP contribution in [0, 0.1) is 0 Å². The Bertz CT molecular complexity index is 456. The molecule has 0 aliphatic heterocycles. The van der Waals surface area contributed by atoms with Crippen molar-refractivity contribution < 1.29 is 4.74 Å². The minimum Gasteiger partial charge on any atom is -0.488 e. The lowest BCUT2D eigenvalue weighted by Crippen LogP contribution is -2.02. The lowest BCUT2D eigenvalue weighted by atomic mass is 10.2. The molecule has 0 spiro atoms. The van der Waals surface area contributed by atoms with Crippen molar-refractivity contribution >= 4 is 22.9 Å². The maximum atomic E-state index is 5.89. The zero-order valence-electron chi connectivity index (χ0n) is 8.65. The SMILES string of the molecule is NCc1cc(Cl)ccc1OCc1cccs1. The van der Waals surface area contributed by atoms with Gasteiger partial charge in [0.1, 0.15) is 12.4 Å². The molecule has 0 amide bonds. The first-order valence-electron chi connectivity index (χ1n) is 4.93. The van der Waals surface area contributed by atoms with Crippen molar-refractivity contribution in [2.75, 3.05) is 0 Å². The van der Waals surface area contributed by atoms with E-state index in [-0.39, 0.29) is 0 Å². The average Bonchev–Trinajstić information content (AvgIpc) is 2.80. The lowest BCUT2D eigenvalue weighted by Gasteiger charge is -2.09. The molecule has 0 unspecified atom stereocenters. The first-order valence-corrected chi connectivity index (χ1v) is 6.19. The highest BCUT2D eigenvalue weighted by atomic mass is 35.5. The van der Waals surface area contributed by atoms with Gasteiger partial charge in [0.25, 0.3) is 0 Å². The summed E-state index contributed by atoms with van der Waals surface area (Å²) < 4.78 is 5.70. The minimum absolute atomic E-state index is 0.431. The number of rotatable bonds is 4. The third-order valence-electron chi connectivity index (χ3n) is 2.19. The third kappa shape index (κ3) is 2.76. The van der Waals surface area contributed by atoms with E-state index in [1.54, 1.807) is 11.3 Å². The normalized spacial score (nSPS) is 10.4. The fourth-order valence-corrected chi connectivity index (χ4v) is 2.20. The van der Waals surface area contributed by atoms with Crippen LogP contribution in [0.4, 0.5) is 0 Å². The molecular weight excluding hydrogens is 242 g/mol. The molecule has 0 aliphatic rings. The largest absolute Gasteiger partial charge is 0.488 e. The van der Waals surface area contributed by atoms with Gasteiger partial charge in [0.05, 0.1) is 0 Å². The van der Waals surface area contributed by atoms with Crippen LogP contribution in [0.2, 0.25) is 5.02 Å². The van der Waals surface area contributed by atoms with Crippen molar-refractivity contribution in [2.45, 2.75) is 13.2 Å². The predicted molar refractivity (Wildman–Crippen MR) is 68.0 cm³/mol. The molecule has 84 valence electrons. The minimum atomic E-state index is 0.431. The predicted octanol–water partition coefficient (Wildman–Crippen LogP) is 3.44. The van der Waals surface area contributed by atoms with Gasteiger partial charge in [-0.3, -0.25) is 0 Å². The van der Waals surface area contributed by atoms with Crippen molar-refractivity contribution in [3.05, 3.63) is 51.2 Å². The Morgan fingerprint density at radius 3 is 2.88 bits per heavy atom. The molecule has 2 rings (SSSR count). The molecule has 1 heterocycles. The van der Waals surface area contributed by atoms with E-state index in [4.69, 9.17) is 22.1 Å². The summed E-state index contributed by atoms with van der Waals surface area (Å²) in [4.78, 5) is 1.19. The number of thiophene rings is 1. The van der Waals surface area contributed by atoms with Crippen LogP contribution in [0.15, 0.2) is 35.7 Å². The molecule has 0 atom stereocenters. The van der Waals surface area contributed by atoms with E-state index >= 15 is 0 Å². The van der Waals surface area contributed by atoms with Gasteiger partial charge in [-0.05, 0) is 29.6 Å². The smallest absolute Gasteiger partial charge is 0.124 e. The van der Waals surface area contributed by atoms with Crippen LogP contribution >= 0.6 is 22.9 Å². The Hall–Kier alpha value is -1.03. The third-order valence-corrected chi connectivity index (χ3v) is 3.28. The molecule has 16 heavy (non-hydrogen) atoms. The monoisotopic (exact) mass is 253 g/mol. The standard InChI is InChI=1S/C12H12ClNOS/c13-10-3-4-12(9(6-10)7-14)15-8-11-2-1-5-16-11/h1-6H,7-8,14H2. The van der Waals surface area contributed by atoms with E-state index in [0.29, 0.717) is 18.2 Å². The quantitative estimate of drug-likeness (QED) is 0.906. The van der Waals surface area contributed by atoms with Crippen molar-refractivity contribution in [1.29, 1.82) is 0 Å². The molecule has 0 fully saturated rings. The van der Waals surface area contributed by atoms with Crippen LogP contribution in [-0.4, -0.2) is 0 Å². The van der Waals surface area contributed by atoms with Crippen LogP contribution in [0.5, 0.6) is 5.75 Å². The fourth-order valence-electron chi connectivity index (χ4n) is 1.39. The molecule has 2 N–H and O–H groups in total. The second-order valence-corrected chi connectivity index (χ2v) is 4.79. The van der Waals surface area contributed by atoms with Crippen LogP contribution in [0.1, 0.15) is 10.4 Å². The molecule has 0 saturated carbocycles. The van der Waals surface area contributed by atoms with Crippen molar-refractivity contribution in [3.8, 4) is 5.75 Å². The lowest BCUT2D eigenvalue weighted by molar-refractivity contribution is 0.306. The molecule has 0 aliphatic carbocycles. The summed E-state index contributed by atoms with van der Waals surface area (Å²) in [6, 6.07) is 9.56. The van der Waals surface area contributed by atoms with E-state index in [1.807, 2.05) is 35.7 Å². The van der Waals surface area contributed by atoms with E-state index in [2.05, 4.69) is 0 Å². The van der Waals surface area contributed by atoms with Crippen molar-refractivity contribution in [1.82, 2.24) is 0 Å². The Morgan fingerprint density at radius 2 is 2.19 bits per heavy atom. The Balaban J connectivity index is 2.09. The number of ether oxygens (including phenoxy) is 1. The van der Waals surface area contributed by atoms with Gasteiger partial charge < -0.3 is 10.5 Å². The van der Waals surface area contributed by atoms with Crippen molar-refractivity contribution in [3.63, 3.8) is 0 Å². The summed E-state index contributed by atoms with van der Waals surface area (Å²) in [5, 5.41) is 2.72. The maximum Gasteiger partial charge on any atom is 0.124 e. The Labute approximate surface area is 104 Å². The van der Waals surface area contributed by atoms with Gasteiger partial charge in [-0.1, -0.05) is 17.7 Å². The summed E-state index contributed by atoms with van der Waals surface area (Å²) in [7, 11) is 0. The summed E-state index contributed by atoms with van der Waals surface area (Å²) >= 11 is 7.56. The number of hydrogen-bond donors (Lipinski definition) is 1. The summed E-state index contributed by atoms with van der Waals surface area (Å²) in [5.41, 5.74) is 6.57. The summed E-state index contributed by atoms with van der Waals surface area (Å²) in [5.74, 6) is 0.806. The molecule has 0 radical (unpaired) electrons. The van der Waals surface area contributed by atoms with Crippen LogP contribution < -0.4 is 10.5 Å². The van der Waals surface area contributed by atoms with Gasteiger partial charge in [-0.2, -0.15) is 0 Å². The fraction of sp³-hybridized carbons (Fsp3) is 0.167. The Morgan fingerprint density at radius 1 is 1.31 bits per heavy atom. The Kier molecular flexibility index (Phi) is 3.83. The first kappa shape index (κ1) is 11.5. The molecule has 1 aromatic heterocycles. The second-order valence-electron chi connectivity index (χ2n) is 3.32. The summed E-state index contributed by atoms with van der Waals surface area (Å²) in [6.07, 6.45) is 0. The highest BCUT2D eigenvalue weighted by Gasteiger charge is 2.03.